The monoisotopic (exact) mass is 274 g/mol. The van der Waals surface area contributed by atoms with Gasteiger partial charge in [-0.15, -0.1) is 0 Å². The average molecular weight is 274 g/mol. The smallest absolute Gasteiger partial charge is 0.339 e. The standard InChI is InChI=1S/C14H14N2O4/c1-9-12(20-8-15-9)13(17)16(2)11-7-5-4-6-10(11)14(18)19-3/h4-8H,1-3H3. The van der Waals surface area contributed by atoms with Crippen molar-refractivity contribution in [2.75, 3.05) is 19.1 Å². The lowest BCUT2D eigenvalue weighted by molar-refractivity contribution is 0.0601. The van der Waals surface area contributed by atoms with Gasteiger partial charge in [0, 0.05) is 7.05 Å². The second-order valence-corrected chi connectivity index (χ2v) is 4.14. The molecule has 2 rings (SSSR count). The van der Waals surface area contributed by atoms with Crippen LogP contribution in [0, 0.1) is 6.92 Å². The summed E-state index contributed by atoms with van der Waals surface area (Å²) in [6.07, 6.45) is 1.21. The minimum Gasteiger partial charge on any atom is -0.465 e. The normalized spacial score (nSPS) is 10.2. The van der Waals surface area contributed by atoms with E-state index in [0.717, 1.165) is 0 Å². The number of benzene rings is 1. The molecule has 2 aromatic rings. The molecule has 0 radical (unpaired) electrons. The summed E-state index contributed by atoms with van der Waals surface area (Å²) in [5.41, 5.74) is 1.25. The Morgan fingerprint density at radius 1 is 1.30 bits per heavy atom. The first-order chi connectivity index (χ1) is 9.56. The molecule has 0 N–H and O–H groups in total. The Labute approximate surface area is 116 Å². The van der Waals surface area contributed by atoms with Crippen molar-refractivity contribution < 1.29 is 18.7 Å². The quantitative estimate of drug-likeness (QED) is 0.801. The molecule has 0 spiro atoms. The van der Waals surface area contributed by atoms with Crippen LogP contribution in [0.4, 0.5) is 5.69 Å². The molecule has 0 saturated carbocycles. The number of hydrogen-bond acceptors (Lipinski definition) is 5. The number of aromatic nitrogens is 1. The van der Waals surface area contributed by atoms with Crippen LogP contribution in [0.1, 0.15) is 26.6 Å². The van der Waals surface area contributed by atoms with Gasteiger partial charge < -0.3 is 14.1 Å². The highest BCUT2D eigenvalue weighted by atomic mass is 16.5. The zero-order valence-corrected chi connectivity index (χ0v) is 11.4. The third-order valence-electron chi connectivity index (χ3n) is 2.92. The number of methoxy groups -OCH3 is 1. The van der Waals surface area contributed by atoms with Crippen molar-refractivity contribution in [3.63, 3.8) is 0 Å². The minimum absolute atomic E-state index is 0.146. The predicted octanol–water partition coefficient (Wildman–Crippen LogP) is 2.05. The number of hydrogen-bond donors (Lipinski definition) is 0. The van der Waals surface area contributed by atoms with Crippen LogP contribution < -0.4 is 4.90 Å². The van der Waals surface area contributed by atoms with E-state index in [0.29, 0.717) is 16.9 Å². The third-order valence-corrected chi connectivity index (χ3v) is 2.92. The van der Waals surface area contributed by atoms with E-state index in [9.17, 15) is 9.59 Å². The fraction of sp³-hybridized carbons (Fsp3) is 0.214. The van der Waals surface area contributed by atoms with Gasteiger partial charge in [0.15, 0.2) is 6.39 Å². The summed E-state index contributed by atoms with van der Waals surface area (Å²) in [4.78, 5) is 29.3. The number of anilines is 1. The number of para-hydroxylation sites is 1. The van der Waals surface area contributed by atoms with Crippen molar-refractivity contribution in [2.24, 2.45) is 0 Å². The summed E-state index contributed by atoms with van der Waals surface area (Å²) in [6.45, 7) is 1.68. The summed E-state index contributed by atoms with van der Waals surface area (Å²) < 4.78 is 9.79. The van der Waals surface area contributed by atoms with Crippen LogP contribution in [0.15, 0.2) is 35.1 Å². The van der Waals surface area contributed by atoms with E-state index >= 15 is 0 Å². The predicted molar refractivity (Wildman–Crippen MR) is 71.8 cm³/mol. The van der Waals surface area contributed by atoms with E-state index in [2.05, 4.69) is 4.98 Å². The number of carbonyl (C=O) groups excluding carboxylic acids is 2. The van der Waals surface area contributed by atoms with Crippen LogP contribution in [-0.4, -0.2) is 31.0 Å². The lowest BCUT2D eigenvalue weighted by atomic mass is 10.1. The van der Waals surface area contributed by atoms with E-state index in [1.807, 2.05) is 0 Å². The number of ether oxygens (including phenoxy) is 1. The van der Waals surface area contributed by atoms with Gasteiger partial charge >= 0.3 is 5.97 Å². The number of nitrogens with zero attached hydrogens (tertiary/aromatic N) is 2. The maximum atomic E-state index is 12.3. The van der Waals surface area contributed by atoms with Crippen LogP contribution in [0.25, 0.3) is 0 Å². The van der Waals surface area contributed by atoms with Crippen molar-refractivity contribution in [3.05, 3.63) is 47.7 Å². The minimum atomic E-state index is -0.505. The molecule has 1 aromatic carbocycles. The van der Waals surface area contributed by atoms with Gasteiger partial charge in [-0.1, -0.05) is 12.1 Å². The summed E-state index contributed by atoms with van der Waals surface area (Å²) in [5.74, 6) is -0.738. The number of aryl methyl sites for hydroxylation is 1. The Balaban J connectivity index is 2.39. The van der Waals surface area contributed by atoms with E-state index in [4.69, 9.17) is 9.15 Å². The number of rotatable bonds is 3. The maximum absolute atomic E-state index is 12.3. The van der Waals surface area contributed by atoms with Crippen LogP contribution in [0.3, 0.4) is 0 Å². The van der Waals surface area contributed by atoms with Crippen molar-refractivity contribution >= 4 is 17.6 Å². The number of esters is 1. The lowest BCUT2D eigenvalue weighted by Crippen LogP contribution is -2.28. The molecular weight excluding hydrogens is 260 g/mol. The first-order valence-electron chi connectivity index (χ1n) is 5.91. The zero-order chi connectivity index (χ0) is 14.7. The average Bonchev–Trinajstić information content (AvgIpc) is 2.91. The molecule has 20 heavy (non-hydrogen) atoms. The Morgan fingerprint density at radius 3 is 2.60 bits per heavy atom. The molecule has 1 aromatic heterocycles. The molecule has 0 aliphatic carbocycles. The molecule has 0 saturated heterocycles. The van der Waals surface area contributed by atoms with E-state index in [1.54, 1.807) is 38.2 Å². The number of oxazole rings is 1. The molecule has 104 valence electrons. The molecule has 6 nitrogen and oxygen atoms in total. The summed E-state index contributed by atoms with van der Waals surface area (Å²) >= 11 is 0. The Morgan fingerprint density at radius 2 is 2.00 bits per heavy atom. The molecular formula is C14H14N2O4. The first kappa shape index (κ1) is 13.8. The molecule has 0 fully saturated rings. The molecule has 0 aliphatic rings. The van der Waals surface area contributed by atoms with Gasteiger partial charge in [0.1, 0.15) is 0 Å². The van der Waals surface area contributed by atoms with E-state index in [1.165, 1.54) is 18.4 Å². The van der Waals surface area contributed by atoms with E-state index in [-0.39, 0.29) is 11.7 Å². The summed E-state index contributed by atoms with van der Waals surface area (Å²) in [5, 5.41) is 0. The van der Waals surface area contributed by atoms with Crippen molar-refractivity contribution in [3.8, 4) is 0 Å². The van der Waals surface area contributed by atoms with Gasteiger partial charge in [-0.25, -0.2) is 9.78 Å². The molecule has 1 amide bonds. The number of carbonyl (C=O) groups is 2. The van der Waals surface area contributed by atoms with Gasteiger partial charge in [0.25, 0.3) is 5.91 Å². The topological polar surface area (TPSA) is 72.6 Å². The van der Waals surface area contributed by atoms with Crippen LogP contribution >= 0.6 is 0 Å². The van der Waals surface area contributed by atoms with E-state index < -0.39 is 5.97 Å². The van der Waals surface area contributed by atoms with Crippen LogP contribution in [0.2, 0.25) is 0 Å². The largest absolute Gasteiger partial charge is 0.465 e. The van der Waals surface area contributed by atoms with Crippen molar-refractivity contribution in [1.82, 2.24) is 4.98 Å². The number of amides is 1. The Bertz CT molecular complexity index is 648. The second-order valence-electron chi connectivity index (χ2n) is 4.14. The van der Waals surface area contributed by atoms with Crippen LogP contribution in [0.5, 0.6) is 0 Å². The summed E-state index contributed by atoms with van der Waals surface area (Å²) in [6, 6.07) is 6.70. The molecule has 0 unspecified atom stereocenters. The molecule has 0 aliphatic heterocycles. The van der Waals surface area contributed by atoms with Gasteiger partial charge in [-0.3, -0.25) is 4.79 Å². The summed E-state index contributed by atoms with van der Waals surface area (Å²) in [7, 11) is 2.85. The van der Waals surface area contributed by atoms with Gasteiger partial charge in [0.05, 0.1) is 24.1 Å². The fourth-order valence-corrected chi connectivity index (χ4v) is 1.82. The Kier molecular flexibility index (Phi) is 3.84. The first-order valence-corrected chi connectivity index (χ1v) is 5.91. The molecule has 1 heterocycles. The van der Waals surface area contributed by atoms with Gasteiger partial charge in [0.2, 0.25) is 5.76 Å². The lowest BCUT2D eigenvalue weighted by Gasteiger charge is -2.18. The highest BCUT2D eigenvalue weighted by Gasteiger charge is 2.23. The highest BCUT2D eigenvalue weighted by molar-refractivity contribution is 6.08. The van der Waals surface area contributed by atoms with Gasteiger partial charge in [-0.05, 0) is 19.1 Å². The third kappa shape index (κ3) is 2.40. The van der Waals surface area contributed by atoms with Crippen molar-refractivity contribution in [1.29, 1.82) is 0 Å². The molecule has 6 heteroatoms. The maximum Gasteiger partial charge on any atom is 0.339 e. The zero-order valence-electron chi connectivity index (χ0n) is 11.4. The molecule has 0 atom stereocenters. The SMILES string of the molecule is COC(=O)c1ccccc1N(C)C(=O)c1ocnc1C. The highest BCUT2D eigenvalue weighted by Crippen LogP contribution is 2.22. The van der Waals surface area contributed by atoms with Crippen molar-refractivity contribution in [2.45, 2.75) is 6.92 Å². The van der Waals surface area contributed by atoms with Crippen LogP contribution in [-0.2, 0) is 4.74 Å². The fourth-order valence-electron chi connectivity index (χ4n) is 1.82. The molecule has 0 bridgehead atoms. The van der Waals surface area contributed by atoms with Gasteiger partial charge in [-0.2, -0.15) is 0 Å². The second kappa shape index (κ2) is 5.56. The Hall–Kier alpha value is -2.63.